The molecule has 6 heteroatoms. The number of hydrogen-bond acceptors (Lipinski definition) is 5. The fourth-order valence-electron chi connectivity index (χ4n) is 3.94. The maximum absolute atomic E-state index is 11.3. The lowest BCUT2D eigenvalue weighted by atomic mass is 10.0. The predicted molar refractivity (Wildman–Crippen MR) is 141 cm³/mol. The Bertz CT molecular complexity index is 448. The third-order valence-electron chi connectivity index (χ3n) is 5.65. The molecule has 0 aromatic carbocycles. The van der Waals surface area contributed by atoms with Crippen LogP contribution in [0.15, 0.2) is 12.4 Å². The zero-order chi connectivity index (χ0) is 21.9. The van der Waals surface area contributed by atoms with Gasteiger partial charge in [-0.25, -0.2) is 0 Å². The summed E-state index contributed by atoms with van der Waals surface area (Å²) in [5.41, 5.74) is 0. The molecule has 1 heterocycles. The standard InChI is InChI=1S/C25H48N2O3.HI/c1-4-5-6-7-8-9-10-11-12-13-14-15-16-17-20-29-22-25(30-24(2)28)21-27-19-18-26(3)23-27;/h18-19,25H,4-17,20-23H2,1-3H3;1H. The number of nitrogens with zero attached hydrogens (tertiary/aromatic N) is 2. The van der Waals surface area contributed by atoms with E-state index in [0.29, 0.717) is 13.2 Å². The lowest BCUT2D eigenvalue weighted by Crippen LogP contribution is -2.36. The maximum atomic E-state index is 11.3. The van der Waals surface area contributed by atoms with Crippen LogP contribution in [0.4, 0.5) is 0 Å². The summed E-state index contributed by atoms with van der Waals surface area (Å²) in [6.45, 7) is 6.49. The van der Waals surface area contributed by atoms with Crippen LogP contribution in [0.1, 0.15) is 104 Å². The predicted octanol–water partition coefficient (Wildman–Crippen LogP) is 6.71. The van der Waals surface area contributed by atoms with Gasteiger partial charge in [0.2, 0.25) is 0 Å². The molecule has 0 aromatic heterocycles. The Hall–Kier alpha value is -0.500. The molecule has 31 heavy (non-hydrogen) atoms. The number of hydrogen-bond donors (Lipinski definition) is 0. The summed E-state index contributed by atoms with van der Waals surface area (Å²) in [4.78, 5) is 15.6. The summed E-state index contributed by atoms with van der Waals surface area (Å²) in [5.74, 6) is -0.239. The molecule has 1 aliphatic heterocycles. The second kappa shape index (κ2) is 21.4. The van der Waals surface area contributed by atoms with Crippen LogP contribution >= 0.6 is 24.0 Å². The van der Waals surface area contributed by atoms with Gasteiger partial charge in [-0.15, -0.1) is 24.0 Å². The van der Waals surface area contributed by atoms with E-state index in [1.165, 1.54) is 90.4 Å². The molecule has 0 spiro atoms. The van der Waals surface area contributed by atoms with Crippen LogP contribution in [0.3, 0.4) is 0 Å². The molecular weight excluding hydrogens is 503 g/mol. The molecule has 0 radical (unpaired) electrons. The molecule has 0 saturated carbocycles. The third kappa shape index (κ3) is 18.7. The van der Waals surface area contributed by atoms with Gasteiger partial charge in [-0.3, -0.25) is 4.79 Å². The van der Waals surface area contributed by atoms with Gasteiger partial charge in [0.05, 0.1) is 19.8 Å². The second-order valence-corrected chi connectivity index (χ2v) is 8.87. The van der Waals surface area contributed by atoms with Crippen molar-refractivity contribution in [2.24, 2.45) is 0 Å². The van der Waals surface area contributed by atoms with E-state index in [4.69, 9.17) is 9.47 Å². The van der Waals surface area contributed by atoms with Crippen LogP contribution in [-0.2, 0) is 14.3 Å². The van der Waals surface area contributed by atoms with E-state index in [0.717, 1.165) is 19.7 Å². The van der Waals surface area contributed by atoms with E-state index in [2.05, 4.69) is 16.7 Å². The van der Waals surface area contributed by atoms with Gasteiger partial charge >= 0.3 is 5.97 Å². The van der Waals surface area contributed by atoms with Crippen LogP contribution in [0, 0.1) is 0 Å². The summed E-state index contributed by atoms with van der Waals surface area (Å²) < 4.78 is 11.2. The maximum Gasteiger partial charge on any atom is 0.303 e. The number of unbranched alkanes of at least 4 members (excludes halogenated alkanes) is 13. The monoisotopic (exact) mass is 552 g/mol. The SMILES string of the molecule is CCCCCCCCCCCCCCCCOCC(CN1C=CN(C)C1)OC(C)=O.I. The van der Waals surface area contributed by atoms with E-state index >= 15 is 0 Å². The second-order valence-electron chi connectivity index (χ2n) is 8.87. The highest BCUT2D eigenvalue weighted by atomic mass is 127. The minimum atomic E-state index is -0.239. The molecule has 1 atom stereocenters. The van der Waals surface area contributed by atoms with Crippen molar-refractivity contribution >= 4 is 29.9 Å². The number of ether oxygens (including phenoxy) is 2. The van der Waals surface area contributed by atoms with Gasteiger partial charge in [0.25, 0.3) is 0 Å². The Morgan fingerprint density at radius 2 is 1.39 bits per heavy atom. The molecule has 0 fully saturated rings. The Morgan fingerprint density at radius 3 is 1.84 bits per heavy atom. The van der Waals surface area contributed by atoms with E-state index in [-0.39, 0.29) is 36.0 Å². The van der Waals surface area contributed by atoms with Crippen LogP contribution in [0.5, 0.6) is 0 Å². The van der Waals surface area contributed by atoms with Crippen molar-refractivity contribution in [1.82, 2.24) is 9.80 Å². The first-order valence-corrected chi connectivity index (χ1v) is 12.5. The molecule has 0 saturated heterocycles. The highest BCUT2D eigenvalue weighted by molar-refractivity contribution is 14.0. The fraction of sp³-hybridized carbons (Fsp3) is 0.880. The zero-order valence-corrected chi connectivity index (χ0v) is 22.8. The average Bonchev–Trinajstić information content (AvgIpc) is 3.11. The molecule has 0 aliphatic carbocycles. The highest BCUT2D eigenvalue weighted by Gasteiger charge is 2.18. The smallest absolute Gasteiger partial charge is 0.303 e. The summed E-state index contributed by atoms with van der Waals surface area (Å²) in [7, 11) is 2.03. The lowest BCUT2D eigenvalue weighted by Gasteiger charge is -2.24. The van der Waals surface area contributed by atoms with Crippen molar-refractivity contribution in [2.45, 2.75) is 110 Å². The Balaban J connectivity index is 0.00000900. The van der Waals surface area contributed by atoms with Crippen LogP contribution < -0.4 is 0 Å². The third-order valence-corrected chi connectivity index (χ3v) is 5.65. The minimum Gasteiger partial charge on any atom is -0.458 e. The van der Waals surface area contributed by atoms with Crippen molar-refractivity contribution in [3.8, 4) is 0 Å². The molecule has 0 amide bonds. The Morgan fingerprint density at radius 1 is 0.871 bits per heavy atom. The molecule has 1 unspecified atom stereocenters. The number of carbonyl (C=O) groups is 1. The largest absolute Gasteiger partial charge is 0.458 e. The molecule has 1 aliphatic rings. The van der Waals surface area contributed by atoms with Gasteiger partial charge in [0, 0.05) is 33.0 Å². The number of halogens is 1. The van der Waals surface area contributed by atoms with Gasteiger partial charge in [0.15, 0.2) is 0 Å². The van der Waals surface area contributed by atoms with Crippen molar-refractivity contribution < 1.29 is 14.3 Å². The Kier molecular flexibility index (Phi) is 21.0. The average molecular weight is 553 g/mol. The van der Waals surface area contributed by atoms with Gasteiger partial charge in [-0.1, -0.05) is 90.4 Å². The quantitative estimate of drug-likeness (QED) is 0.0954. The first-order valence-electron chi connectivity index (χ1n) is 12.5. The van der Waals surface area contributed by atoms with Crippen LogP contribution in [0.25, 0.3) is 0 Å². The number of rotatable bonds is 20. The van der Waals surface area contributed by atoms with Crippen molar-refractivity contribution in [1.29, 1.82) is 0 Å². The molecule has 0 N–H and O–H groups in total. The zero-order valence-electron chi connectivity index (χ0n) is 20.5. The van der Waals surface area contributed by atoms with E-state index in [9.17, 15) is 4.79 Å². The normalized spacial score (nSPS) is 14.0. The summed E-state index contributed by atoms with van der Waals surface area (Å²) >= 11 is 0. The Labute approximate surface area is 209 Å². The van der Waals surface area contributed by atoms with E-state index < -0.39 is 0 Å². The highest BCUT2D eigenvalue weighted by Crippen LogP contribution is 2.13. The van der Waals surface area contributed by atoms with Crippen LogP contribution in [-0.4, -0.2) is 55.3 Å². The lowest BCUT2D eigenvalue weighted by molar-refractivity contribution is -0.150. The van der Waals surface area contributed by atoms with Gasteiger partial charge in [0.1, 0.15) is 6.10 Å². The van der Waals surface area contributed by atoms with Crippen molar-refractivity contribution in [2.75, 3.05) is 33.5 Å². The molecule has 184 valence electrons. The number of carbonyl (C=O) groups excluding carboxylic acids is 1. The number of esters is 1. The van der Waals surface area contributed by atoms with Gasteiger partial charge < -0.3 is 19.3 Å². The molecule has 0 bridgehead atoms. The summed E-state index contributed by atoms with van der Waals surface area (Å²) in [6, 6.07) is 0. The fourth-order valence-corrected chi connectivity index (χ4v) is 3.94. The molecular formula is C25H49IN2O3. The topological polar surface area (TPSA) is 42.0 Å². The molecule has 0 aromatic rings. The van der Waals surface area contributed by atoms with E-state index in [1.807, 2.05) is 19.4 Å². The van der Waals surface area contributed by atoms with Gasteiger partial charge in [-0.05, 0) is 6.42 Å². The molecule has 5 nitrogen and oxygen atoms in total. The summed E-state index contributed by atoms with van der Waals surface area (Å²) in [6.07, 6.45) is 22.9. The van der Waals surface area contributed by atoms with E-state index in [1.54, 1.807) is 0 Å². The van der Waals surface area contributed by atoms with Gasteiger partial charge in [-0.2, -0.15) is 0 Å². The van der Waals surface area contributed by atoms with Crippen molar-refractivity contribution in [3.63, 3.8) is 0 Å². The summed E-state index contributed by atoms with van der Waals surface area (Å²) in [5, 5.41) is 0. The first-order chi connectivity index (χ1) is 14.6. The molecule has 1 rings (SSSR count). The first kappa shape index (κ1) is 30.5. The van der Waals surface area contributed by atoms with Crippen molar-refractivity contribution in [3.05, 3.63) is 12.4 Å². The van der Waals surface area contributed by atoms with Crippen LogP contribution in [0.2, 0.25) is 0 Å². The minimum absolute atomic E-state index is 0.